The summed E-state index contributed by atoms with van der Waals surface area (Å²) in [4.78, 5) is 0.998. The topological polar surface area (TPSA) is 40.5 Å². The van der Waals surface area contributed by atoms with Gasteiger partial charge in [0.25, 0.3) is 0 Å². The Hall–Kier alpha value is -0.900. The van der Waals surface area contributed by atoms with E-state index in [0.29, 0.717) is 6.42 Å². The van der Waals surface area contributed by atoms with Crippen molar-refractivity contribution in [3.63, 3.8) is 0 Å². The Morgan fingerprint density at radius 1 is 1.29 bits per heavy atom. The minimum Gasteiger partial charge on any atom is -0.393 e. The summed E-state index contributed by atoms with van der Waals surface area (Å²) in [7, 11) is 0. The van der Waals surface area contributed by atoms with Crippen LogP contribution >= 0.6 is 11.3 Å². The van der Waals surface area contributed by atoms with E-state index in [1.165, 1.54) is 10.1 Å². The summed E-state index contributed by atoms with van der Waals surface area (Å²) in [6, 6.07) is 10.2. The Kier molecular flexibility index (Phi) is 2.69. The molecule has 0 spiro atoms. The molecule has 2 nitrogen and oxygen atoms in total. The van der Waals surface area contributed by atoms with E-state index in [-0.39, 0.29) is 6.10 Å². The predicted octanol–water partition coefficient (Wildman–Crippen LogP) is 3.02. The van der Waals surface area contributed by atoms with Crippen molar-refractivity contribution < 1.29 is 10.2 Å². The van der Waals surface area contributed by atoms with Gasteiger partial charge in [-0.2, -0.15) is 0 Å². The van der Waals surface area contributed by atoms with Crippen molar-refractivity contribution in [3.8, 4) is 0 Å². The van der Waals surface area contributed by atoms with Gasteiger partial charge in [-0.3, -0.25) is 0 Å². The largest absolute Gasteiger partial charge is 0.393 e. The fourth-order valence-corrected chi connectivity index (χ4v) is 3.85. The van der Waals surface area contributed by atoms with E-state index >= 15 is 0 Å². The second-order valence-corrected chi connectivity index (χ2v) is 6.01. The maximum Gasteiger partial charge on any atom is 0.101 e. The van der Waals surface area contributed by atoms with Gasteiger partial charge >= 0.3 is 0 Å². The fraction of sp³-hybridized carbons (Fsp3) is 0.429. The standard InChI is InChI=1S/C14H16O2S/c15-11-5-3-7-14(16,9-11)13-8-10-4-1-2-6-12(10)17-13/h1-2,4,6,8,11,15-16H,3,5,7,9H2/t11-,14-/m0/s1. The van der Waals surface area contributed by atoms with E-state index in [4.69, 9.17) is 0 Å². The Morgan fingerprint density at radius 3 is 2.88 bits per heavy atom. The summed E-state index contributed by atoms with van der Waals surface area (Å²) < 4.78 is 1.20. The summed E-state index contributed by atoms with van der Waals surface area (Å²) in [6.07, 6.45) is 2.58. The molecule has 1 aromatic carbocycles. The minimum absolute atomic E-state index is 0.362. The van der Waals surface area contributed by atoms with E-state index < -0.39 is 5.60 Å². The normalized spacial score (nSPS) is 29.6. The van der Waals surface area contributed by atoms with Gasteiger partial charge in [-0.05, 0) is 36.8 Å². The van der Waals surface area contributed by atoms with Crippen molar-refractivity contribution >= 4 is 21.4 Å². The summed E-state index contributed by atoms with van der Waals surface area (Å²) in [5.41, 5.74) is -0.818. The van der Waals surface area contributed by atoms with Gasteiger partial charge in [0.1, 0.15) is 5.60 Å². The molecule has 1 saturated carbocycles. The predicted molar refractivity (Wildman–Crippen MR) is 70.2 cm³/mol. The average Bonchev–Trinajstić information content (AvgIpc) is 2.73. The third kappa shape index (κ3) is 1.99. The molecule has 1 heterocycles. The van der Waals surface area contributed by atoms with Crippen molar-refractivity contribution in [2.24, 2.45) is 0 Å². The van der Waals surface area contributed by atoms with Gasteiger partial charge in [0.2, 0.25) is 0 Å². The third-order valence-electron chi connectivity index (χ3n) is 3.59. The molecular formula is C14H16O2S. The summed E-state index contributed by atoms with van der Waals surface area (Å²) in [5, 5.41) is 21.6. The second-order valence-electron chi connectivity index (χ2n) is 4.93. The molecule has 0 amide bonds. The molecular weight excluding hydrogens is 232 g/mol. The van der Waals surface area contributed by atoms with Crippen LogP contribution in [0.25, 0.3) is 10.1 Å². The second kappa shape index (κ2) is 4.09. The molecule has 90 valence electrons. The average molecular weight is 248 g/mol. The van der Waals surface area contributed by atoms with Crippen LogP contribution < -0.4 is 0 Å². The van der Waals surface area contributed by atoms with Gasteiger partial charge in [-0.1, -0.05) is 18.2 Å². The molecule has 2 atom stereocenters. The van der Waals surface area contributed by atoms with Crippen LogP contribution in [0.3, 0.4) is 0 Å². The molecule has 0 aliphatic heterocycles. The van der Waals surface area contributed by atoms with Crippen LogP contribution in [-0.4, -0.2) is 16.3 Å². The smallest absolute Gasteiger partial charge is 0.101 e. The zero-order valence-corrected chi connectivity index (χ0v) is 10.4. The first-order chi connectivity index (χ1) is 8.17. The van der Waals surface area contributed by atoms with Crippen LogP contribution in [0.4, 0.5) is 0 Å². The highest BCUT2D eigenvalue weighted by Gasteiger charge is 2.36. The van der Waals surface area contributed by atoms with Crippen LogP contribution in [0.15, 0.2) is 30.3 Å². The Bertz CT molecular complexity index is 501. The summed E-state index contributed by atoms with van der Waals surface area (Å²) >= 11 is 1.64. The lowest BCUT2D eigenvalue weighted by Crippen LogP contribution is -2.34. The first-order valence-corrected chi connectivity index (χ1v) is 6.88. The number of aliphatic hydroxyl groups excluding tert-OH is 1. The highest BCUT2D eigenvalue weighted by molar-refractivity contribution is 7.19. The molecule has 1 fully saturated rings. The molecule has 1 aromatic heterocycles. The quantitative estimate of drug-likeness (QED) is 0.814. The third-order valence-corrected chi connectivity index (χ3v) is 4.89. The van der Waals surface area contributed by atoms with E-state index in [2.05, 4.69) is 18.2 Å². The Labute approximate surface area is 105 Å². The van der Waals surface area contributed by atoms with Gasteiger partial charge in [0.15, 0.2) is 0 Å². The van der Waals surface area contributed by atoms with E-state index in [1.807, 2.05) is 12.1 Å². The molecule has 3 heteroatoms. The number of thiophene rings is 1. The maximum absolute atomic E-state index is 10.7. The van der Waals surface area contributed by atoms with Crippen molar-refractivity contribution in [2.75, 3.05) is 0 Å². The number of benzene rings is 1. The lowest BCUT2D eigenvalue weighted by Gasteiger charge is -2.33. The van der Waals surface area contributed by atoms with Crippen molar-refractivity contribution in [1.29, 1.82) is 0 Å². The first kappa shape index (κ1) is 11.2. The first-order valence-electron chi connectivity index (χ1n) is 6.07. The monoisotopic (exact) mass is 248 g/mol. The highest BCUT2D eigenvalue weighted by atomic mass is 32.1. The van der Waals surface area contributed by atoms with Gasteiger partial charge in [0, 0.05) is 16.0 Å². The van der Waals surface area contributed by atoms with Gasteiger partial charge in [0.05, 0.1) is 6.10 Å². The molecule has 17 heavy (non-hydrogen) atoms. The SMILES string of the molecule is O[C@H]1CCC[C@@](O)(c2cc3ccccc3s2)C1. The Morgan fingerprint density at radius 2 is 2.12 bits per heavy atom. The number of fused-ring (bicyclic) bond motifs is 1. The fourth-order valence-electron chi connectivity index (χ4n) is 2.66. The van der Waals surface area contributed by atoms with E-state index in [1.54, 1.807) is 11.3 Å². The molecule has 1 aliphatic carbocycles. The van der Waals surface area contributed by atoms with E-state index in [9.17, 15) is 10.2 Å². The molecule has 0 radical (unpaired) electrons. The van der Waals surface area contributed by atoms with Crippen LogP contribution in [0, 0.1) is 0 Å². The number of hydrogen-bond acceptors (Lipinski definition) is 3. The lowest BCUT2D eigenvalue weighted by atomic mass is 9.82. The molecule has 1 aliphatic rings. The van der Waals surface area contributed by atoms with Gasteiger partial charge < -0.3 is 10.2 Å². The molecule has 3 rings (SSSR count). The van der Waals surface area contributed by atoms with Crippen molar-refractivity contribution in [2.45, 2.75) is 37.4 Å². The van der Waals surface area contributed by atoms with Crippen LogP contribution in [-0.2, 0) is 5.60 Å². The van der Waals surface area contributed by atoms with Crippen LogP contribution in [0.5, 0.6) is 0 Å². The summed E-state index contributed by atoms with van der Waals surface area (Å²) in [6.45, 7) is 0. The minimum atomic E-state index is -0.818. The molecule has 2 N–H and O–H groups in total. The zero-order chi connectivity index (χ0) is 11.9. The Balaban J connectivity index is 2.02. The van der Waals surface area contributed by atoms with Crippen molar-refractivity contribution in [1.82, 2.24) is 0 Å². The van der Waals surface area contributed by atoms with Crippen LogP contribution in [0.2, 0.25) is 0 Å². The van der Waals surface area contributed by atoms with Gasteiger partial charge in [-0.25, -0.2) is 0 Å². The molecule has 0 saturated heterocycles. The number of rotatable bonds is 1. The number of aliphatic hydroxyl groups is 2. The molecule has 0 bridgehead atoms. The summed E-state index contributed by atoms with van der Waals surface area (Å²) in [5.74, 6) is 0. The lowest BCUT2D eigenvalue weighted by molar-refractivity contribution is -0.0472. The van der Waals surface area contributed by atoms with Crippen molar-refractivity contribution in [3.05, 3.63) is 35.2 Å². The van der Waals surface area contributed by atoms with Crippen LogP contribution in [0.1, 0.15) is 30.6 Å². The van der Waals surface area contributed by atoms with Gasteiger partial charge in [-0.15, -0.1) is 11.3 Å². The van der Waals surface area contributed by atoms with E-state index in [0.717, 1.165) is 24.1 Å². The molecule has 2 aromatic rings. The highest BCUT2D eigenvalue weighted by Crippen LogP contribution is 2.42. The zero-order valence-electron chi connectivity index (χ0n) is 9.60. The number of hydrogen-bond donors (Lipinski definition) is 2. The maximum atomic E-state index is 10.7. The molecule has 0 unspecified atom stereocenters.